The molecule has 0 aliphatic carbocycles. The third-order valence-corrected chi connectivity index (χ3v) is 20.4. The number of nitrogens with two attached hydrogens (primary N) is 6. The quantitative estimate of drug-likeness (QED) is 0.00601. The summed E-state index contributed by atoms with van der Waals surface area (Å²) >= 11 is 22.5. The number of anilines is 4. The highest BCUT2D eigenvalue weighted by atomic mass is 35.7. The van der Waals surface area contributed by atoms with Gasteiger partial charge in [0.2, 0.25) is 49.1 Å². The van der Waals surface area contributed by atoms with E-state index in [9.17, 15) is 62.3 Å². The zero-order valence-corrected chi connectivity index (χ0v) is 78.5. The first-order valence-electron chi connectivity index (χ1n) is 37.9. The van der Waals surface area contributed by atoms with Crippen molar-refractivity contribution in [3.05, 3.63) is 337 Å². The molecule has 0 spiro atoms. The van der Waals surface area contributed by atoms with E-state index >= 15 is 0 Å². The van der Waals surface area contributed by atoms with Crippen molar-refractivity contribution in [2.24, 2.45) is 20.6 Å². The molecule has 0 saturated carbocycles. The van der Waals surface area contributed by atoms with Crippen molar-refractivity contribution < 1.29 is 80.9 Å². The lowest BCUT2D eigenvalue weighted by Gasteiger charge is -2.11. The second-order valence-corrected chi connectivity index (χ2v) is 36.9. The smallest absolute Gasteiger partial charge is 0.492 e. The van der Waals surface area contributed by atoms with Gasteiger partial charge in [-0.15, -0.1) is 0 Å². The Bertz CT molecular complexity index is 6240. The Morgan fingerprint density at radius 2 is 0.659 bits per heavy atom. The van der Waals surface area contributed by atoms with Gasteiger partial charge in [0, 0.05) is 98.4 Å². The molecular weight excluding hydrogens is 1920 g/mol. The average Bonchev–Trinajstić information content (AvgIpc) is 0.828. The van der Waals surface area contributed by atoms with Gasteiger partial charge in [-0.2, -0.15) is 0 Å². The number of nitrogen functional groups attached to an aromatic ring is 2. The summed E-state index contributed by atoms with van der Waals surface area (Å²) < 4.78 is 130. The van der Waals surface area contributed by atoms with Crippen LogP contribution in [0.2, 0.25) is 20.6 Å². The number of nitrogens with zero attached hydrogens (tertiary/aromatic N) is 10. The number of nitro benzene ring substituents is 2. The number of halogens is 5. The highest BCUT2D eigenvalue weighted by Crippen LogP contribution is 2.33. The van der Waals surface area contributed by atoms with Crippen LogP contribution in [0.1, 0.15) is 55.5 Å². The highest BCUT2D eigenvalue weighted by Gasteiger charge is 2.18. The van der Waals surface area contributed by atoms with E-state index in [1.54, 1.807) is 103 Å². The SMILES string of the molecule is CCOc1ccccc1-c1cc(Cl)ncn1.CCOc1ccccc1-c1cc(Cl)ncn1.CCOc1ccccc1-c1cc(Nc2cccc(CS(N)(=O)=O)c2)ncn1.CCOc1ccccc1B(O)O.Clc1cc(Cl)ncn1.N.NS(=O)(=O)Cc1cccc([N+](=O)[O-])c1.Nc1cccc(CS(N)(=O)=O)c1.Nc1cccc(CS(N)(=O)=O)c1.O=[N+]([O-])c1cccc(CS(=O)(=O)Cl)c1. The van der Waals surface area contributed by atoms with Gasteiger partial charge in [-0.05, 0) is 134 Å². The maximum absolute atomic E-state index is 11.3. The van der Waals surface area contributed by atoms with E-state index in [4.69, 9.17) is 118 Å². The molecule has 13 rings (SSSR count). The van der Waals surface area contributed by atoms with Crippen LogP contribution in [0, 0.1) is 20.2 Å². The third-order valence-electron chi connectivity index (χ3n) is 15.6. The van der Waals surface area contributed by atoms with Crippen LogP contribution < -0.4 is 67.9 Å². The van der Waals surface area contributed by atoms with Gasteiger partial charge >= 0.3 is 7.12 Å². The Morgan fingerprint density at radius 3 is 0.985 bits per heavy atom. The number of benzene rings is 9. The number of sulfonamides is 4. The minimum absolute atomic E-state index is 0. The third kappa shape index (κ3) is 46.0. The summed E-state index contributed by atoms with van der Waals surface area (Å²) in [6, 6.07) is 67.7. The van der Waals surface area contributed by atoms with Crippen LogP contribution in [-0.2, 0) is 77.9 Å². The summed E-state index contributed by atoms with van der Waals surface area (Å²) in [6.07, 6.45) is 5.67. The van der Waals surface area contributed by atoms with Gasteiger partial charge in [-0.1, -0.05) is 162 Å². The van der Waals surface area contributed by atoms with Gasteiger partial charge in [0.1, 0.15) is 74.7 Å². The van der Waals surface area contributed by atoms with Gasteiger partial charge in [0.15, 0.2) is 0 Å². The molecule has 38 nitrogen and oxygen atoms in total. The lowest BCUT2D eigenvalue weighted by Crippen LogP contribution is -2.31. The molecule has 49 heteroatoms. The average molecular weight is 2010 g/mol. The Hall–Kier alpha value is -12.3. The standard InChI is InChI=1S/C19H20N4O3S.2C12H11ClN2O.C8H11BO3.C7H6ClNO4S.C7H8N2O4S.2C7H10N2O2S.C4H2Cl2N2.H3N/c1-2-26-18-9-4-3-8-16(18)17-11-19(22-13-21-17)23-15-7-5-6-14(10-15)12-27(20,24)25;2*1-2-16-11-6-4-3-5-9(11)10-7-12(13)15-8-14-10;1-2-12-8-6-4-3-5-7(8)9(10)11;2*8-14(12,13)5-6-2-1-3-7(4-6)9(10)11;2*8-7-3-1-2-6(4-7)5-12(9,10)11;5-3-1-4(6)8-2-7-3;/h3-11,13H,2,12H2,1H3,(H2,20,24,25)(H,21,22,23);2*3-8H,2H2,1H3;3-6,10-11H,2H2,1H3;1-4H,5H2;1-4H,5H2,(H2,8,12,13);2*1-4H,5,8H2,(H2,9,10,11);1-2H;1H3. The van der Waals surface area contributed by atoms with Crippen molar-refractivity contribution >= 4 is 153 Å². The molecule has 0 unspecified atom stereocenters. The van der Waals surface area contributed by atoms with Gasteiger partial charge < -0.3 is 51.9 Å². The van der Waals surface area contributed by atoms with Crippen LogP contribution in [0.4, 0.5) is 34.3 Å². The van der Waals surface area contributed by atoms with Crippen molar-refractivity contribution in [2.45, 2.75) is 56.5 Å². The van der Waals surface area contributed by atoms with Crippen LogP contribution in [0.15, 0.2) is 268 Å². The van der Waals surface area contributed by atoms with Crippen molar-refractivity contribution in [2.75, 3.05) is 43.2 Å². The Labute approximate surface area is 787 Å². The molecule has 0 amide bonds. The normalized spacial score (nSPS) is 10.6. The Kier molecular flexibility index (Phi) is 47.9. The lowest BCUT2D eigenvalue weighted by atomic mass is 9.80. The predicted molar refractivity (Wildman–Crippen MR) is 514 cm³/mol. The summed E-state index contributed by atoms with van der Waals surface area (Å²) in [4.78, 5) is 51.4. The topological polar surface area (TPSA) is 641 Å². The van der Waals surface area contributed by atoms with Crippen molar-refractivity contribution in [3.8, 4) is 56.8 Å². The number of nitro groups is 2. The first kappa shape index (κ1) is 112. The summed E-state index contributed by atoms with van der Waals surface area (Å²) in [7, 11) is -14.3. The number of rotatable bonds is 26. The van der Waals surface area contributed by atoms with Gasteiger partial charge in [-0.25, -0.2) is 103 Å². The number of primary sulfonamides is 4. The molecule has 0 aliphatic rings. The molecule has 4 heterocycles. The Morgan fingerprint density at radius 1 is 0.364 bits per heavy atom. The number of ether oxygens (including phenoxy) is 4. The summed E-state index contributed by atoms with van der Waals surface area (Å²) in [5, 5.41) is 62.9. The molecule has 0 radical (unpaired) electrons. The zero-order chi connectivity index (χ0) is 96.9. The molecule has 0 fully saturated rings. The van der Waals surface area contributed by atoms with Crippen molar-refractivity contribution in [3.63, 3.8) is 0 Å². The second kappa shape index (κ2) is 56.4. The number of hydrogen-bond donors (Lipinski definition) is 10. The minimum atomic E-state index is -3.67. The predicted octanol–water partition coefficient (Wildman–Crippen LogP) is 13.3. The maximum Gasteiger partial charge on any atom is 0.492 e. The maximum atomic E-state index is 11.3. The summed E-state index contributed by atoms with van der Waals surface area (Å²) in [5.74, 6) is 2.11. The first-order chi connectivity index (χ1) is 61.8. The molecule has 4 aromatic heterocycles. The number of aromatic nitrogens is 8. The zero-order valence-electron chi connectivity index (χ0n) is 70.7. The van der Waals surface area contributed by atoms with E-state index in [1.807, 2.05) is 113 Å². The molecule has 702 valence electrons. The molecule has 0 saturated heterocycles. The number of nitrogens with one attached hydrogen (secondary N) is 1. The van der Waals surface area contributed by atoms with Crippen LogP contribution in [0.25, 0.3) is 33.8 Å². The summed E-state index contributed by atoms with van der Waals surface area (Å²) in [6.45, 7) is 9.99. The van der Waals surface area contributed by atoms with E-state index in [2.05, 4.69) is 45.2 Å². The molecule has 9 aromatic carbocycles. The molecule has 132 heavy (non-hydrogen) atoms. The van der Waals surface area contributed by atoms with Crippen molar-refractivity contribution in [1.29, 1.82) is 0 Å². The van der Waals surface area contributed by atoms with Gasteiger partial charge in [0.05, 0.1) is 82.1 Å². The fraction of sp³-hybridized carbons (Fsp3) is 0.157. The number of non-ortho nitro benzene ring substituents is 2. The second-order valence-electron chi connectivity index (χ2n) is 26.1. The lowest BCUT2D eigenvalue weighted by molar-refractivity contribution is -0.385. The van der Waals surface area contributed by atoms with Crippen LogP contribution in [-0.4, -0.2) is 135 Å². The molecular formula is C83H92BCl5N18O20S5. The molecule has 0 aliphatic heterocycles. The van der Waals surface area contributed by atoms with E-state index in [-0.39, 0.29) is 34.8 Å². The first-order valence-corrected chi connectivity index (χ1v) is 48.8. The molecule has 0 bridgehead atoms. The van der Waals surface area contributed by atoms with E-state index in [0.29, 0.717) is 109 Å². The largest absolute Gasteiger partial charge is 0.494 e. The van der Waals surface area contributed by atoms with Crippen LogP contribution in [0.3, 0.4) is 0 Å². The highest BCUT2D eigenvalue weighted by molar-refractivity contribution is 8.13. The van der Waals surface area contributed by atoms with Crippen LogP contribution >= 0.6 is 57.1 Å². The van der Waals surface area contributed by atoms with Gasteiger partial charge in [-0.3, -0.25) is 20.2 Å². The molecule has 18 N–H and O–H groups in total. The number of hydrogen-bond acceptors (Lipinski definition) is 32. The van der Waals surface area contributed by atoms with E-state index in [0.717, 1.165) is 51.0 Å². The molecule has 13 aromatic rings. The van der Waals surface area contributed by atoms with Crippen LogP contribution in [0.5, 0.6) is 23.0 Å². The number of para-hydroxylation sites is 4. The summed E-state index contributed by atoms with van der Waals surface area (Å²) in [5.41, 5.74) is 20.2. The fourth-order valence-corrected chi connectivity index (χ4v) is 14.8. The van der Waals surface area contributed by atoms with E-state index < -0.39 is 77.6 Å². The minimum Gasteiger partial charge on any atom is -0.494 e. The Balaban J connectivity index is 0.000000316. The fourth-order valence-electron chi connectivity index (χ4n) is 10.6. The van der Waals surface area contributed by atoms with E-state index in [1.165, 1.54) is 79.9 Å². The monoisotopic (exact) mass is 2010 g/mol. The van der Waals surface area contributed by atoms with Crippen molar-refractivity contribution in [1.82, 2.24) is 46.0 Å². The van der Waals surface area contributed by atoms with Gasteiger partial charge in [0.25, 0.3) is 11.4 Å². The molecule has 0 atom stereocenters.